The number of benzene rings is 1. The number of likely N-dealkylation sites (N-methyl/N-ethyl adjacent to an activating group) is 1. The Kier molecular flexibility index (Phi) is 4.96. The average molecular weight is 407 g/mol. The first-order valence-corrected chi connectivity index (χ1v) is 10.0. The molecular weight excluding hydrogens is 384 g/mol. The Morgan fingerprint density at radius 2 is 2.07 bits per heavy atom. The number of phenolic OH excluding ortho intramolecular Hbond substituents is 1. The van der Waals surface area contributed by atoms with E-state index in [9.17, 15) is 13.9 Å². The Bertz CT molecular complexity index is 947. The summed E-state index contributed by atoms with van der Waals surface area (Å²) in [6.45, 7) is 4.98. The number of aromatic hydroxyl groups is 1. The van der Waals surface area contributed by atoms with Crippen LogP contribution in [0.3, 0.4) is 0 Å². The fourth-order valence-corrected chi connectivity index (χ4v) is 4.86. The summed E-state index contributed by atoms with van der Waals surface area (Å²) in [5, 5.41) is 18.8. The van der Waals surface area contributed by atoms with Crippen LogP contribution in [0.2, 0.25) is 0 Å². The van der Waals surface area contributed by atoms with Crippen molar-refractivity contribution in [3.8, 4) is 11.4 Å². The van der Waals surface area contributed by atoms with Gasteiger partial charge in [0.2, 0.25) is 6.43 Å². The number of hydrogen-bond donors (Lipinski definition) is 2. The topological polar surface area (TPSA) is 66.2 Å². The highest BCUT2D eigenvalue weighted by molar-refractivity contribution is 7.22. The van der Waals surface area contributed by atoms with Crippen LogP contribution < -0.4 is 5.32 Å². The molecule has 1 saturated heterocycles. The monoisotopic (exact) mass is 407 g/mol. The summed E-state index contributed by atoms with van der Waals surface area (Å²) in [5.74, 6) is -0.448. The molecule has 3 heterocycles. The van der Waals surface area contributed by atoms with Crippen LogP contribution in [-0.4, -0.2) is 57.4 Å². The van der Waals surface area contributed by atoms with Crippen LogP contribution in [0.1, 0.15) is 17.5 Å². The number of piperidine rings is 1. The highest BCUT2D eigenvalue weighted by atomic mass is 32.1. The molecule has 150 valence electrons. The number of hydrogen-bond acceptors (Lipinski definition) is 6. The van der Waals surface area contributed by atoms with Crippen LogP contribution in [0.15, 0.2) is 18.3 Å². The van der Waals surface area contributed by atoms with E-state index in [4.69, 9.17) is 0 Å². The van der Waals surface area contributed by atoms with Gasteiger partial charge in [-0.15, -0.1) is 5.10 Å². The van der Waals surface area contributed by atoms with Gasteiger partial charge in [-0.05, 0) is 44.5 Å². The molecule has 1 fully saturated rings. The second-order valence-corrected chi connectivity index (χ2v) is 8.65. The molecule has 9 heteroatoms. The number of fused-ring (bicyclic) bond motifs is 1. The van der Waals surface area contributed by atoms with Crippen molar-refractivity contribution in [2.24, 2.45) is 5.92 Å². The Morgan fingerprint density at radius 3 is 2.75 bits per heavy atom. The molecule has 0 radical (unpaired) electrons. The number of nitrogens with zero attached hydrogens (tertiary/aromatic N) is 4. The molecule has 0 aliphatic carbocycles. The van der Waals surface area contributed by atoms with E-state index in [0.717, 1.165) is 15.8 Å². The molecule has 2 unspecified atom stereocenters. The van der Waals surface area contributed by atoms with Crippen LogP contribution in [0.5, 0.6) is 5.75 Å². The number of aryl methyl sites for hydroxylation is 2. The summed E-state index contributed by atoms with van der Waals surface area (Å²) in [7, 11) is 1.86. The third-order valence-electron chi connectivity index (χ3n) is 5.08. The number of thiazole rings is 1. The van der Waals surface area contributed by atoms with Gasteiger partial charge in [0.05, 0.1) is 10.9 Å². The molecule has 2 aromatic heterocycles. The number of aromatic nitrogens is 3. The van der Waals surface area contributed by atoms with Crippen molar-refractivity contribution in [2.75, 3.05) is 25.5 Å². The first-order valence-electron chi connectivity index (χ1n) is 9.20. The Labute approximate surface area is 165 Å². The van der Waals surface area contributed by atoms with Crippen LogP contribution in [0.25, 0.3) is 16.0 Å². The van der Waals surface area contributed by atoms with Crippen molar-refractivity contribution >= 4 is 26.8 Å². The maximum absolute atomic E-state index is 13.1. The van der Waals surface area contributed by atoms with E-state index in [1.165, 1.54) is 11.3 Å². The number of anilines is 1. The maximum Gasteiger partial charge on any atom is 0.242 e. The third kappa shape index (κ3) is 3.68. The SMILES string of the molecule is Cc1cc(C)c(-n2cc3sc(NC4CC(C(F)F)CN(C)C4)nc3n2)c(O)c1. The smallest absolute Gasteiger partial charge is 0.242 e. The van der Waals surface area contributed by atoms with E-state index in [0.29, 0.717) is 36.0 Å². The molecule has 3 aromatic rings. The van der Waals surface area contributed by atoms with Gasteiger partial charge in [0, 0.05) is 25.0 Å². The normalized spacial score (nSPS) is 20.9. The quantitative estimate of drug-likeness (QED) is 0.689. The van der Waals surface area contributed by atoms with Gasteiger partial charge in [0.25, 0.3) is 0 Å². The molecule has 1 aliphatic heterocycles. The first kappa shape index (κ1) is 19.1. The predicted octanol–water partition coefficient (Wildman–Crippen LogP) is 3.80. The second-order valence-electron chi connectivity index (χ2n) is 7.62. The van der Waals surface area contributed by atoms with Crippen LogP contribution in [0, 0.1) is 19.8 Å². The molecule has 28 heavy (non-hydrogen) atoms. The molecule has 0 bridgehead atoms. The summed E-state index contributed by atoms with van der Waals surface area (Å²) in [4.78, 5) is 6.44. The van der Waals surface area contributed by atoms with E-state index in [2.05, 4.69) is 15.4 Å². The third-order valence-corrected chi connectivity index (χ3v) is 5.99. The van der Waals surface area contributed by atoms with Gasteiger partial charge in [-0.3, -0.25) is 0 Å². The summed E-state index contributed by atoms with van der Waals surface area (Å²) in [6.07, 6.45) is -0.0455. The summed E-state index contributed by atoms with van der Waals surface area (Å²) < 4.78 is 28.8. The molecule has 2 N–H and O–H groups in total. The van der Waals surface area contributed by atoms with Gasteiger partial charge >= 0.3 is 0 Å². The van der Waals surface area contributed by atoms with E-state index in [-0.39, 0.29) is 11.8 Å². The fraction of sp³-hybridized carbons (Fsp3) is 0.474. The molecule has 4 rings (SSSR count). The van der Waals surface area contributed by atoms with Crippen molar-refractivity contribution in [1.29, 1.82) is 0 Å². The molecule has 0 saturated carbocycles. The minimum atomic E-state index is -2.31. The van der Waals surface area contributed by atoms with Crippen molar-refractivity contribution in [3.05, 3.63) is 29.5 Å². The molecule has 0 amide bonds. The zero-order chi connectivity index (χ0) is 20.0. The van der Waals surface area contributed by atoms with Gasteiger partial charge in [0.15, 0.2) is 10.8 Å². The average Bonchev–Trinajstić information content (AvgIpc) is 3.11. The lowest BCUT2D eigenvalue weighted by Gasteiger charge is -2.35. The highest BCUT2D eigenvalue weighted by Crippen LogP contribution is 2.32. The van der Waals surface area contributed by atoms with E-state index >= 15 is 0 Å². The van der Waals surface area contributed by atoms with Crippen molar-refractivity contribution in [1.82, 2.24) is 19.7 Å². The minimum absolute atomic E-state index is 0.0662. The van der Waals surface area contributed by atoms with E-state index in [1.807, 2.05) is 38.1 Å². The zero-order valence-corrected chi connectivity index (χ0v) is 16.8. The molecule has 0 spiro atoms. The van der Waals surface area contributed by atoms with Gasteiger partial charge in [-0.1, -0.05) is 17.4 Å². The largest absolute Gasteiger partial charge is 0.506 e. The molecule has 1 aromatic carbocycles. The Hall–Kier alpha value is -2.26. The molecular formula is C19H23F2N5OS. The summed E-state index contributed by atoms with van der Waals surface area (Å²) in [5.41, 5.74) is 3.12. The predicted molar refractivity (Wildman–Crippen MR) is 107 cm³/mol. The van der Waals surface area contributed by atoms with E-state index < -0.39 is 12.3 Å². The lowest BCUT2D eigenvalue weighted by atomic mass is 9.95. The molecule has 2 atom stereocenters. The van der Waals surface area contributed by atoms with Gasteiger partial charge in [-0.2, -0.15) is 4.98 Å². The molecule has 1 aliphatic rings. The lowest BCUT2D eigenvalue weighted by molar-refractivity contribution is 0.0311. The lowest BCUT2D eigenvalue weighted by Crippen LogP contribution is -2.46. The first-order chi connectivity index (χ1) is 13.3. The van der Waals surface area contributed by atoms with Crippen LogP contribution >= 0.6 is 11.3 Å². The number of nitrogens with one attached hydrogen (secondary N) is 1. The van der Waals surface area contributed by atoms with Crippen molar-refractivity contribution in [3.63, 3.8) is 0 Å². The number of alkyl halides is 2. The van der Waals surface area contributed by atoms with Crippen molar-refractivity contribution < 1.29 is 13.9 Å². The Morgan fingerprint density at radius 1 is 1.29 bits per heavy atom. The number of rotatable bonds is 4. The van der Waals surface area contributed by atoms with Crippen LogP contribution in [-0.2, 0) is 0 Å². The summed E-state index contributed by atoms with van der Waals surface area (Å²) in [6, 6.07) is 3.63. The highest BCUT2D eigenvalue weighted by Gasteiger charge is 2.31. The van der Waals surface area contributed by atoms with Gasteiger partial charge in [0.1, 0.15) is 11.4 Å². The standard InChI is InChI=1S/C19H23F2N5OS/c1-10-4-11(2)16(14(27)5-10)26-9-15-18(24-26)23-19(28-15)22-13-6-12(17(20)21)7-25(3)8-13/h4-5,9,12-13,17,27H,6-8H2,1-3H3,(H,22,23,24). The Balaban J connectivity index is 1.55. The van der Waals surface area contributed by atoms with Crippen LogP contribution in [0.4, 0.5) is 13.9 Å². The second kappa shape index (κ2) is 7.29. The number of likely N-dealkylation sites (tertiary alicyclic amines) is 1. The number of halogens is 2. The van der Waals surface area contributed by atoms with Gasteiger partial charge in [-0.25, -0.2) is 13.5 Å². The summed E-state index contributed by atoms with van der Waals surface area (Å²) >= 11 is 1.44. The molecule has 6 nitrogen and oxygen atoms in total. The number of phenols is 1. The minimum Gasteiger partial charge on any atom is -0.506 e. The maximum atomic E-state index is 13.1. The van der Waals surface area contributed by atoms with Gasteiger partial charge < -0.3 is 15.3 Å². The fourth-order valence-electron chi connectivity index (χ4n) is 3.96. The van der Waals surface area contributed by atoms with E-state index in [1.54, 1.807) is 10.7 Å². The zero-order valence-electron chi connectivity index (χ0n) is 16.0. The van der Waals surface area contributed by atoms with Crippen molar-refractivity contribution in [2.45, 2.75) is 32.7 Å².